The lowest BCUT2D eigenvalue weighted by Gasteiger charge is -2.38. The highest BCUT2D eigenvalue weighted by molar-refractivity contribution is 7.09. The molecule has 5 nitrogen and oxygen atoms in total. The van der Waals surface area contributed by atoms with E-state index in [2.05, 4.69) is 55.6 Å². The van der Waals surface area contributed by atoms with E-state index in [1.807, 2.05) is 0 Å². The number of nitrogens with zero attached hydrogens (tertiary/aromatic N) is 2. The third-order valence-electron chi connectivity index (χ3n) is 4.98. The standard InChI is InChI=1S/C19H34N4OS/c1-6-20-17(22-13-19(5)10-8-7-9-15(19)24)21-11-16-23-14(12-25-16)18(2,3)4/h12,15,24H,6-11,13H2,1-5H3,(H2,20,21,22). The van der Waals surface area contributed by atoms with Gasteiger partial charge in [-0.2, -0.15) is 0 Å². The SMILES string of the molecule is CCNC(=NCc1nc(C(C)(C)C)cs1)NCC1(C)CCCCC1O. The van der Waals surface area contributed by atoms with Gasteiger partial charge in [0.2, 0.25) is 0 Å². The van der Waals surface area contributed by atoms with Crippen LogP contribution in [0.5, 0.6) is 0 Å². The number of aromatic nitrogens is 1. The number of guanidine groups is 1. The Morgan fingerprint density at radius 1 is 1.40 bits per heavy atom. The summed E-state index contributed by atoms with van der Waals surface area (Å²) in [7, 11) is 0. The van der Waals surface area contributed by atoms with Crippen LogP contribution in [-0.4, -0.2) is 35.2 Å². The minimum atomic E-state index is -0.232. The van der Waals surface area contributed by atoms with Crippen LogP contribution in [-0.2, 0) is 12.0 Å². The number of nitrogens with one attached hydrogen (secondary N) is 2. The third kappa shape index (κ3) is 5.68. The fourth-order valence-corrected chi connectivity index (χ4v) is 4.03. The van der Waals surface area contributed by atoms with Crippen molar-refractivity contribution in [1.82, 2.24) is 15.6 Å². The summed E-state index contributed by atoms with van der Waals surface area (Å²) in [4.78, 5) is 9.39. The number of aliphatic hydroxyl groups excluding tert-OH is 1. The zero-order valence-electron chi connectivity index (χ0n) is 16.4. The average molecular weight is 367 g/mol. The first-order chi connectivity index (χ1) is 11.7. The van der Waals surface area contributed by atoms with E-state index in [0.717, 1.165) is 49.0 Å². The van der Waals surface area contributed by atoms with E-state index in [4.69, 9.17) is 4.98 Å². The molecule has 0 amide bonds. The van der Waals surface area contributed by atoms with E-state index in [1.54, 1.807) is 11.3 Å². The van der Waals surface area contributed by atoms with Gasteiger partial charge in [0, 0.05) is 29.3 Å². The maximum absolute atomic E-state index is 10.3. The number of hydrogen-bond acceptors (Lipinski definition) is 4. The molecule has 1 saturated carbocycles. The molecule has 25 heavy (non-hydrogen) atoms. The zero-order valence-corrected chi connectivity index (χ0v) is 17.2. The van der Waals surface area contributed by atoms with Gasteiger partial charge < -0.3 is 15.7 Å². The van der Waals surface area contributed by atoms with Gasteiger partial charge in [-0.25, -0.2) is 9.98 Å². The number of rotatable bonds is 5. The molecule has 2 atom stereocenters. The van der Waals surface area contributed by atoms with Crippen molar-refractivity contribution in [3.63, 3.8) is 0 Å². The zero-order chi connectivity index (χ0) is 18.5. The van der Waals surface area contributed by atoms with Crippen molar-refractivity contribution in [3.05, 3.63) is 16.1 Å². The summed E-state index contributed by atoms with van der Waals surface area (Å²) in [6.45, 7) is 12.9. The predicted molar refractivity (Wildman–Crippen MR) is 106 cm³/mol. The van der Waals surface area contributed by atoms with Crippen LogP contribution >= 0.6 is 11.3 Å². The molecule has 0 bridgehead atoms. The van der Waals surface area contributed by atoms with Crippen LogP contribution in [0.25, 0.3) is 0 Å². The molecule has 1 aromatic rings. The fourth-order valence-electron chi connectivity index (χ4n) is 3.09. The minimum absolute atomic E-state index is 0.0744. The molecule has 142 valence electrons. The highest BCUT2D eigenvalue weighted by Gasteiger charge is 2.35. The normalized spacial score (nSPS) is 25.0. The van der Waals surface area contributed by atoms with Gasteiger partial charge in [-0.15, -0.1) is 11.3 Å². The largest absolute Gasteiger partial charge is 0.392 e. The van der Waals surface area contributed by atoms with E-state index in [1.165, 1.54) is 6.42 Å². The average Bonchev–Trinajstić information content (AvgIpc) is 3.02. The highest BCUT2D eigenvalue weighted by Crippen LogP contribution is 2.35. The van der Waals surface area contributed by atoms with E-state index in [-0.39, 0.29) is 16.9 Å². The van der Waals surface area contributed by atoms with Gasteiger partial charge in [-0.3, -0.25) is 0 Å². The van der Waals surface area contributed by atoms with Crippen LogP contribution in [0.4, 0.5) is 0 Å². The number of aliphatic hydroxyl groups is 1. The third-order valence-corrected chi connectivity index (χ3v) is 5.81. The van der Waals surface area contributed by atoms with Crippen molar-refractivity contribution < 1.29 is 5.11 Å². The molecule has 0 radical (unpaired) electrons. The molecule has 3 N–H and O–H groups in total. The highest BCUT2D eigenvalue weighted by atomic mass is 32.1. The predicted octanol–water partition coefficient (Wildman–Crippen LogP) is 3.44. The molecule has 1 aliphatic rings. The van der Waals surface area contributed by atoms with E-state index in [0.29, 0.717) is 6.54 Å². The molecule has 0 aliphatic heterocycles. The van der Waals surface area contributed by atoms with Gasteiger partial charge in [-0.1, -0.05) is 40.5 Å². The Morgan fingerprint density at radius 2 is 2.16 bits per heavy atom. The van der Waals surface area contributed by atoms with Crippen LogP contribution in [0, 0.1) is 5.41 Å². The molecule has 1 fully saturated rings. The van der Waals surface area contributed by atoms with Gasteiger partial charge >= 0.3 is 0 Å². The van der Waals surface area contributed by atoms with Crippen LogP contribution in [0.1, 0.15) is 71.0 Å². The lowest BCUT2D eigenvalue weighted by atomic mass is 9.73. The molecule has 2 unspecified atom stereocenters. The quantitative estimate of drug-likeness (QED) is 0.551. The molecule has 2 rings (SSSR count). The van der Waals surface area contributed by atoms with Crippen LogP contribution in [0.2, 0.25) is 0 Å². The van der Waals surface area contributed by atoms with Crippen molar-refractivity contribution in [2.75, 3.05) is 13.1 Å². The summed E-state index contributed by atoms with van der Waals surface area (Å²) in [5, 5.41) is 20.2. The Labute approximate surface area is 156 Å². The number of hydrogen-bond donors (Lipinski definition) is 3. The first-order valence-corrected chi connectivity index (χ1v) is 10.3. The molecular formula is C19H34N4OS. The molecule has 1 aromatic heterocycles. The smallest absolute Gasteiger partial charge is 0.191 e. The second-order valence-electron chi connectivity index (χ2n) is 8.34. The van der Waals surface area contributed by atoms with Crippen LogP contribution in [0.15, 0.2) is 10.4 Å². The van der Waals surface area contributed by atoms with Gasteiger partial charge in [0.25, 0.3) is 0 Å². The Morgan fingerprint density at radius 3 is 2.76 bits per heavy atom. The van der Waals surface area contributed by atoms with E-state index in [9.17, 15) is 5.11 Å². The van der Waals surface area contributed by atoms with Gasteiger partial charge in [0.05, 0.1) is 18.3 Å². The molecule has 0 spiro atoms. The van der Waals surface area contributed by atoms with Gasteiger partial charge in [0.15, 0.2) is 5.96 Å². The second-order valence-corrected chi connectivity index (χ2v) is 9.28. The Hall–Kier alpha value is -1.14. The molecule has 6 heteroatoms. The Kier molecular flexibility index (Phi) is 6.86. The molecule has 1 aliphatic carbocycles. The first kappa shape index (κ1) is 20.2. The lowest BCUT2D eigenvalue weighted by molar-refractivity contribution is 0.00397. The summed E-state index contributed by atoms with van der Waals surface area (Å²) in [5.41, 5.74) is 1.13. The van der Waals surface area contributed by atoms with Crippen molar-refractivity contribution in [3.8, 4) is 0 Å². The monoisotopic (exact) mass is 366 g/mol. The van der Waals surface area contributed by atoms with Crippen molar-refractivity contribution in [1.29, 1.82) is 0 Å². The lowest BCUT2D eigenvalue weighted by Crippen LogP contribution is -2.48. The molecule has 1 heterocycles. The Balaban J connectivity index is 1.97. The summed E-state index contributed by atoms with van der Waals surface area (Å²) >= 11 is 1.67. The first-order valence-electron chi connectivity index (χ1n) is 9.40. The van der Waals surface area contributed by atoms with Gasteiger partial charge in [-0.05, 0) is 19.8 Å². The summed E-state index contributed by atoms with van der Waals surface area (Å²) in [6, 6.07) is 0. The molecule has 0 aromatic carbocycles. The summed E-state index contributed by atoms with van der Waals surface area (Å²) in [5.74, 6) is 0.800. The van der Waals surface area contributed by atoms with Crippen LogP contribution < -0.4 is 10.6 Å². The van der Waals surface area contributed by atoms with Crippen molar-refractivity contribution >= 4 is 17.3 Å². The minimum Gasteiger partial charge on any atom is -0.392 e. The summed E-state index contributed by atoms with van der Waals surface area (Å²) < 4.78 is 0. The number of aliphatic imine (C=N–C) groups is 1. The fraction of sp³-hybridized carbons (Fsp3) is 0.789. The van der Waals surface area contributed by atoms with Gasteiger partial charge in [0.1, 0.15) is 5.01 Å². The maximum Gasteiger partial charge on any atom is 0.191 e. The molecule has 0 saturated heterocycles. The van der Waals surface area contributed by atoms with Crippen molar-refractivity contribution in [2.45, 2.75) is 78.4 Å². The summed E-state index contributed by atoms with van der Waals surface area (Å²) in [6.07, 6.45) is 4.05. The second kappa shape index (κ2) is 8.49. The van der Waals surface area contributed by atoms with E-state index >= 15 is 0 Å². The molecular weight excluding hydrogens is 332 g/mol. The Bertz CT molecular complexity index is 578. The van der Waals surface area contributed by atoms with Crippen LogP contribution in [0.3, 0.4) is 0 Å². The maximum atomic E-state index is 10.3. The number of thiazole rings is 1. The van der Waals surface area contributed by atoms with E-state index < -0.39 is 0 Å². The topological polar surface area (TPSA) is 69.5 Å². The van der Waals surface area contributed by atoms with Crippen molar-refractivity contribution in [2.24, 2.45) is 10.4 Å².